The summed E-state index contributed by atoms with van der Waals surface area (Å²) >= 11 is 0. The van der Waals surface area contributed by atoms with Crippen LogP contribution < -0.4 is 10.6 Å². The fourth-order valence-electron chi connectivity index (χ4n) is 5.52. The van der Waals surface area contributed by atoms with Gasteiger partial charge in [0.25, 0.3) is 0 Å². The highest BCUT2D eigenvalue weighted by Gasteiger charge is 2.57. The van der Waals surface area contributed by atoms with Crippen LogP contribution in [0.1, 0.15) is 80.1 Å². The molecule has 10 heteroatoms. The third kappa shape index (κ3) is 10.7. The van der Waals surface area contributed by atoms with Gasteiger partial charge in [0.1, 0.15) is 6.10 Å². The molecule has 0 aromatic carbocycles. The number of esters is 1. The second kappa shape index (κ2) is 14.6. The topological polar surface area (TPSA) is 136 Å². The molecule has 3 aliphatic heterocycles. The number of carbonyl (C=O) groups is 3. The highest BCUT2D eigenvalue weighted by Crippen LogP contribution is 2.46. The second-order valence-electron chi connectivity index (χ2n) is 11.9. The monoisotopic (exact) mass is 576 g/mol. The number of carbonyl (C=O) groups excluding carboxylic acids is 3. The van der Waals surface area contributed by atoms with E-state index >= 15 is 0 Å². The zero-order valence-corrected chi connectivity index (χ0v) is 25.3. The van der Waals surface area contributed by atoms with Crippen molar-refractivity contribution >= 4 is 17.8 Å². The van der Waals surface area contributed by atoms with Gasteiger partial charge in [-0.05, 0) is 52.0 Å². The summed E-state index contributed by atoms with van der Waals surface area (Å²) in [7, 11) is 0. The minimum atomic E-state index is -1.55. The molecule has 3 saturated heterocycles. The molecule has 3 heterocycles. The summed E-state index contributed by atoms with van der Waals surface area (Å²) in [6.45, 7) is 12.2. The smallest absolute Gasteiger partial charge is 0.303 e. The van der Waals surface area contributed by atoms with Gasteiger partial charge in [0, 0.05) is 32.4 Å². The maximum Gasteiger partial charge on any atom is 0.303 e. The summed E-state index contributed by atoms with van der Waals surface area (Å²) in [6.07, 6.45) is 11.2. The lowest BCUT2D eigenvalue weighted by Crippen LogP contribution is -2.50. The fourth-order valence-corrected chi connectivity index (χ4v) is 5.52. The fraction of sp³-hybridized carbons (Fsp3) is 0.710. The first-order valence-electron chi connectivity index (χ1n) is 14.8. The number of allylic oxidation sites excluding steroid dienone is 2. The molecule has 3 aliphatic rings. The second-order valence-corrected chi connectivity index (χ2v) is 11.9. The summed E-state index contributed by atoms with van der Waals surface area (Å²) in [4.78, 5) is 35.6. The zero-order valence-electron chi connectivity index (χ0n) is 25.3. The van der Waals surface area contributed by atoms with E-state index < -0.39 is 23.5 Å². The zero-order chi connectivity index (χ0) is 30.2. The number of aliphatic hydroxyl groups is 1. The van der Waals surface area contributed by atoms with Gasteiger partial charge in [-0.2, -0.15) is 0 Å². The Balaban J connectivity index is 1.49. The first kappa shape index (κ1) is 33.0. The number of ether oxygens (including phenoxy) is 4. The number of hydrogen-bond donors (Lipinski definition) is 3. The molecule has 1 unspecified atom stereocenters. The van der Waals surface area contributed by atoms with Gasteiger partial charge in [-0.25, -0.2) is 0 Å². The van der Waals surface area contributed by atoms with Crippen molar-refractivity contribution in [3.63, 3.8) is 0 Å². The maximum absolute atomic E-state index is 12.4. The molecule has 3 fully saturated rings. The molecule has 3 N–H and O–H groups in total. The average Bonchev–Trinajstić information content (AvgIpc) is 3.62. The molecule has 8 atom stereocenters. The summed E-state index contributed by atoms with van der Waals surface area (Å²) in [6, 6.07) is -0.115. The third-order valence-electron chi connectivity index (χ3n) is 7.76. The Morgan fingerprint density at radius 2 is 1.93 bits per heavy atom. The Hall–Kier alpha value is -2.53. The van der Waals surface area contributed by atoms with E-state index in [0.717, 1.165) is 24.8 Å². The van der Waals surface area contributed by atoms with Crippen LogP contribution in [-0.2, 0) is 33.3 Å². The quantitative estimate of drug-likeness (QED) is 0.139. The molecule has 2 amide bonds. The minimum Gasteiger partial charge on any atom is -0.459 e. The van der Waals surface area contributed by atoms with Crippen molar-refractivity contribution in [1.82, 2.24) is 10.6 Å². The van der Waals surface area contributed by atoms with Crippen LogP contribution in [0.25, 0.3) is 0 Å². The maximum atomic E-state index is 12.4. The molecule has 0 bridgehead atoms. The number of hydrogen-bond acceptors (Lipinski definition) is 8. The molecule has 230 valence electrons. The van der Waals surface area contributed by atoms with Gasteiger partial charge in [-0.1, -0.05) is 37.6 Å². The predicted molar refractivity (Wildman–Crippen MR) is 154 cm³/mol. The van der Waals surface area contributed by atoms with E-state index in [0.29, 0.717) is 26.0 Å². The number of rotatable bonds is 12. The molecule has 0 saturated carbocycles. The van der Waals surface area contributed by atoms with E-state index in [-0.39, 0.29) is 48.5 Å². The normalized spacial score (nSPS) is 34.5. The van der Waals surface area contributed by atoms with Crippen LogP contribution in [-0.4, -0.2) is 77.9 Å². The van der Waals surface area contributed by atoms with E-state index in [1.165, 1.54) is 13.0 Å². The predicted octanol–water partition coefficient (Wildman–Crippen LogP) is 3.24. The van der Waals surface area contributed by atoms with Gasteiger partial charge in [0.05, 0.1) is 43.0 Å². The van der Waals surface area contributed by atoms with Crippen molar-refractivity contribution in [2.24, 2.45) is 5.92 Å². The van der Waals surface area contributed by atoms with E-state index in [4.69, 9.17) is 18.9 Å². The van der Waals surface area contributed by atoms with Crippen LogP contribution >= 0.6 is 0 Å². The Kier molecular flexibility index (Phi) is 11.7. The Morgan fingerprint density at radius 3 is 2.59 bits per heavy atom. The van der Waals surface area contributed by atoms with Crippen LogP contribution in [0.5, 0.6) is 0 Å². The van der Waals surface area contributed by atoms with Crippen LogP contribution in [0, 0.1) is 5.92 Å². The third-order valence-corrected chi connectivity index (χ3v) is 7.76. The van der Waals surface area contributed by atoms with Gasteiger partial charge in [-0.3, -0.25) is 14.4 Å². The minimum absolute atomic E-state index is 0.0156. The highest BCUT2D eigenvalue weighted by molar-refractivity contribution is 5.87. The van der Waals surface area contributed by atoms with Gasteiger partial charge in [-0.15, -0.1) is 0 Å². The van der Waals surface area contributed by atoms with Crippen LogP contribution in [0.15, 0.2) is 36.0 Å². The Morgan fingerprint density at radius 1 is 1.20 bits per heavy atom. The SMILES string of the molecule is CCCNC(=O)C[C@]1(O)C[C@@]2(CO2)C[C@@H](C=CC(C)=CC[C@@H]2O[C@H](C)[C@H](NC(=O)C=CC(C)OC(C)=O)C[C@@H]2C)O1. The molecule has 0 radical (unpaired) electrons. The van der Waals surface area contributed by atoms with E-state index in [1.807, 2.05) is 32.9 Å². The van der Waals surface area contributed by atoms with Crippen molar-refractivity contribution in [1.29, 1.82) is 0 Å². The van der Waals surface area contributed by atoms with Crippen LogP contribution in [0.4, 0.5) is 0 Å². The number of nitrogens with one attached hydrogen (secondary N) is 2. The Labute approximate surface area is 243 Å². The van der Waals surface area contributed by atoms with Gasteiger partial charge >= 0.3 is 5.97 Å². The summed E-state index contributed by atoms with van der Waals surface area (Å²) in [5, 5.41) is 16.9. The molecule has 0 aromatic heterocycles. The van der Waals surface area contributed by atoms with Crippen molar-refractivity contribution in [3.05, 3.63) is 36.0 Å². The summed E-state index contributed by atoms with van der Waals surface area (Å²) in [5.74, 6) is -2.18. The molecular formula is C31H48N2O8. The van der Waals surface area contributed by atoms with Crippen molar-refractivity contribution in [2.45, 2.75) is 122 Å². The van der Waals surface area contributed by atoms with Gasteiger partial charge in [0.2, 0.25) is 11.8 Å². The first-order valence-corrected chi connectivity index (χ1v) is 14.8. The molecule has 3 rings (SSSR count). The van der Waals surface area contributed by atoms with Gasteiger partial charge in [0.15, 0.2) is 5.79 Å². The van der Waals surface area contributed by atoms with E-state index in [1.54, 1.807) is 13.0 Å². The number of epoxide rings is 1. The van der Waals surface area contributed by atoms with Crippen LogP contribution in [0.2, 0.25) is 0 Å². The largest absolute Gasteiger partial charge is 0.459 e. The lowest BCUT2D eigenvalue weighted by molar-refractivity contribution is -0.256. The molecule has 0 aliphatic carbocycles. The highest BCUT2D eigenvalue weighted by atomic mass is 16.7. The average molecular weight is 577 g/mol. The molecule has 41 heavy (non-hydrogen) atoms. The lowest BCUT2D eigenvalue weighted by atomic mass is 9.87. The van der Waals surface area contributed by atoms with E-state index in [9.17, 15) is 19.5 Å². The summed E-state index contributed by atoms with van der Waals surface area (Å²) in [5.41, 5.74) is 0.620. The van der Waals surface area contributed by atoms with Crippen molar-refractivity contribution in [2.75, 3.05) is 13.2 Å². The molecular weight excluding hydrogens is 528 g/mol. The lowest BCUT2D eigenvalue weighted by Gasteiger charge is -2.39. The van der Waals surface area contributed by atoms with Crippen molar-refractivity contribution < 1.29 is 38.4 Å². The standard InChI is InChI=1S/C31H48N2O8/c1-7-14-32-29(36)17-31(37)18-30(19-38-30)16-25(41-31)11-8-20(2)9-12-27-21(3)15-26(23(5)40-27)33-28(35)13-10-22(4)39-24(6)34/h8-11,13,21-23,25-27,37H,7,12,14-19H2,1-6H3,(H,32,36)(H,33,35)/t21-,22?,23+,25+,26+,27-,30+,31+/m0/s1. The summed E-state index contributed by atoms with van der Waals surface area (Å²) < 4.78 is 22.9. The number of amides is 2. The van der Waals surface area contributed by atoms with E-state index in [2.05, 4.69) is 23.6 Å². The van der Waals surface area contributed by atoms with Crippen LogP contribution in [0.3, 0.4) is 0 Å². The Bertz CT molecular complexity index is 1020. The first-order chi connectivity index (χ1) is 19.3. The molecule has 10 nitrogen and oxygen atoms in total. The molecule has 0 aromatic rings. The van der Waals surface area contributed by atoms with Gasteiger partial charge < -0.3 is 34.7 Å². The van der Waals surface area contributed by atoms with Crippen molar-refractivity contribution in [3.8, 4) is 0 Å². The molecule has 1 spiro atoms.